The average Bonchev–Trinajstić information content (AvgIpc) is 3.22. The first-order chi connectivity index (χ1) is 12.0. The highest BCUT2D eigenvalue weighted by molar-refractivity contribution is 8.13. The van der Waals surface area contributed by atoms with Gasteiger partial charge in [-0.25, -0.2) is 0 Å². The molecule has 6 nitrogen and oxygen atoms in total. The Hall–Kier alpha value is -1.93. The Kier molecular flexibility index (Phi) is 5.70. The van der Waals surface area contributed by atoms with Crippen LogP contribution in [-0.4, -0.2) is 45.1 Å². The quantitative estimate of drug-likeness (QED) is 0.829. The lowest BCUT2D eigenvalue weighted by Crippen LogP contribution is -2.27. The van der Waals surface area contributed by atoms with Crippen molar-refractivity contribution in [3.63, 3.8) is 0 Å². The van der Waals surface area contributed by atoms with Crippen LogP contribution in [0.2, 0.25) is 0 Å². The Labute approximate surface area is 155 Å². The summed E-state index contributed by atoms with van der Waals surface area (Å²) in [7, 11) is 0. The molecule has 2 aromatic rings. The van der Waals surface area contributed by atoms with Gasteiger partial charge in [-0.05, 0) is 11.5 Å². The Morgan fingerprint density at radius 2 is 2.04 bits per heavy atom. The van der Waals surface area contributed by atoms with Crippen LogP contribution < -0.4 is 5.32 Å². The van der Waals surface area contributed by atoms with Crippen molar-refractivity contribution in [3.8, 4) is 10.6 Å². The van der Waals surface area contributed by atoms with Crippen LogP contribution in [0.25, 0.3) is 10.6 Å². The van der Waals surface area contributed by atoms with Crippen molar-refractivity contribution in [1.29, 1.82) is 0 Å². The van der Waals surface area contributed by atoms with Gasteiger partial charge < -0.3 is 10.2 Å². The Morgan fingerprint density at radius 3 is 2.68 bits per heavy atom. The molecule has 2 heterocycles. The van der Waals surface area contributed by atoms with Gasteiger partial charge in [0.2, 0.25) is 11.0 Å². The number of hydrogen-bond donors (Lipinski definition) is 1. The minimum Gasteiger partial charge on any atom is -0.332 e. The van der Waals surface area contributed by atoms with Gasteiger partial charge in [0.25, 0.3) is 5.24 Å². The number of benzene rings is 1. The van der Waals surface area contributed by atoms with Crippen molar-refractivity contribution in [2.24, 2.45) is 0 Å². The third kappa shape index (κ3) is 4.58. The number of amides is 2. The third-order valence-corrected chi connectivity index (χ3v) is 5.73. The molecular weight excluding hydrogens is 356 g/mol. The van der Waals surface area contributed by atoms with Crippen LogP contribution in [0.15, 0.2) is 24.3 Å². The molecule has 1 saturated heterocycles. The summed E-state index contributed by atoms with van der Waals surface area (Å²) in [5, 5.41) is 12.3. The van der Waals surface area contributed by atoms with Crippen molar-refractivity contribution in [2.75, 3.05) is 24.2 Å². The first kappa shape index (κ1) is 17.9. The lowest BCUT2D eigenvalue weighted by Gasteiger charge is -2.13. The van der Waals surface area contributed by atoms with Crippen molar-refractivity contribution in [2.45, 2.75) is 26.2 Å². The second kappa shape index (κ2) is 7.97. The molecule has 0 saturated carbocycles. The first-order valence-corrected chi connectivity index (χ1v) is 9.98. The zero-order chi connectivity index (χ0) is 17.8. The molecule has 0 aliphatic carbocycles. The second-order valence-electron chi connectivity index (χ2n) is 6.09. The molecule has 1 aromatic heterocycles. The highest BCUT2D eigenvalue weighted by atomic mass is 32.2. The fourth-order valence-electron chi connectivity index (χ4n) is 2.45. The van der Waals surface area contributed by atoms with Crippen molar-refractivity contribution in [1.82, 2.24) is 15.1 Å². The van der Waals surface area contributed by atoms with Gasteiger partial charge in [-0.2, -0.15) is 0 Å². The normalized spacial score (nSPS) is 14.4. The van der Waals surface area contributed by atoms with E-state index in [-0.39, 0.29) is 17.6 Å². The molecule has 2 amide bonds. The molecule has 0 atom stereocenters. The predicted octanol–water partition coefficient (Wildman–Crippen LogP) is 3.83. The molecule has 3 rings (SSSR count). The van der Waals surface area contributed by atoms with Crippen molar-refractivity contribution < 1.29 is 9.59 Å². The fourth-order valence-corrected chi connectivity index (χ4v) is 4.06. The largest absolute Gasteiger partial charge is 0.332 e. The lowest BCUT2D eigenvalue weighted by molar-refractivity contribution is -0.116. The summed E-state index contributed by atoms with van der Waals surface area (Å²) >= 11 is 2.65. The van der Waals surface area contributed by atoms with E-state index < -0.39 is 0 Å². The standard InChI is InChI=1S/C17H20N4O2S2/c1-11(2)12-3-5-13(6-4-12)15-19-20-16(25-15)18-14(22)7-8-21-9-10-24-17(21)23/h3-6,11H,7-10H2,1-2H3,(H,18,20,22). The number of aromatic nitrogens is 2. The lowest BCUT2D eigenvalue weighted by atomic mass is 10.0. The van der Waals surface area contributed by atoms with Gasteiger partial charge in [-0.15, -0.1) is 10.2 Å². The van der Waals surface area contributed by atoms with Crippen LogP contribution in [0.5, 0.6) is 0 Å². The summed E-state index contributed by atoms with van der Waals surface area (Å²) in [5.74, 6) is 1.14. The molecule has 0 radical (unpaired) electrons. The minimum atomic E-state index is -0.150. The molecule has 1 N–H and O–H groups in total. The summed E-state index contributed by atoms with van der Waals surface area (Å²) in [5.41, 5.74) is 2.26. The first-order valence-electron chi connectivity index (χ1n) is 8.18. The van der Waals surface area contributed by atoms with Crippen LogP contribution in [0.4, 0.5) is 9.93 Å². The topological polar surface area (TPSA) is 75.2 Å². The molecule has 1 aromatic carbocycles. The Morgan fingerprint density at radius 1 is 1.28 bits per heavy atom. The van der Waals surface area contributed by atoms with Crippen LogP contribution in [-0.2, 0) is 4.79 Å². The fraction of sp³-hybridized carbons (Fsp3) is 0.412. The van der Waals surface area contributed by atoms with Crippen molar-refractivity contribution in [3.05, 3.63) is 29.8 Å². The van der Waals surface area contributed by atoms with Crippen LogP contribution in [0.3, 0.4) is 0 Å². The van der Waals surface area contributed by atoms with Gasteiger partial charge >= 0.3 is 0 Å². The SMILES string of the molecule is CC(C)c1ccc(-c2nnc(NC(=O)CCN3CCSC3=O)s2)cc1. The number of hydrogen-bond acceptors (Lipinski definition) is 6. The van der Waals surface area contributed by atoms with E-state index in [2.05, 4.69) is 41.5 Å². The van der Waals surface area contributed by atoms with E-state index in [0.29, 0.717) is 24.1 Å². The summed E-state index contributed by atoms with van der Waals surface area (Å²) in [4.78, 5) is 25.2. The highest BCUT2D eigenvalue weighted by Crippen LogP contribution is 2.27. The van der Waals surface area contributed by atoms with Gasteiger partial charge in [0.15, 0.2) is 0 Å². The summed E-state index contributed by atoms with van der Waals surface area (Å²) in [6, 6.07) is 8.23. The van der Waals surface area contributed by atoms with E-state index >= 15 is 0 Å². The number of thioether (sulfide) groups is 1. The average molecular weight is 377 g/mol. The van der Waals surface area contributed by atoms with E-state index in [4.69, 9.17) is 0 Å². The van der Waals surface area contributed by atoms with E-state index in [1.807, 2.05) is 12.1 Å². The number of nitrogens with zero attached hydrogens (tertiary/aromatic N) is 3. The van der Waals surface area contributed by atoms with Gasteiger partial charge in [-0.1, -0.05) is 61.2 Å². The molecule has 25 heavy (non-hydrogen) atoms. The summed E-state index contributed by atoms with van der Waals surface area (Å²) in [6.07, 6.45) is 0.268. The molecule has 1 fully saturated rings. The van der Waals surface area contributed by atoms with E-state index in [1.165, 1.54) is 28.7 Å². The second-order valence-corrected chi connectivity index (χ2v) is 8.11. The van der Waals surface area contributed by atoms with Gasteiger partial charge in [-0.3, -0.25) is 9.59 Å². The number of nitrogens with one attached hydrogen (secondary N) is 1. The van der Waals surface area contributed by atoms with E-state index in [0.717, 1.165) is 16.3 Å². The number of rotatable bonds is 6. The van der Waals surface area contributed by atoms with Crippen LogP contribution >= 0.6 is 23.1 Å². The van der Waals surface area contributed by atoms with Gasteiger partial charge in [0.05, 0.1) is 0 Å². The van der Waals surface area contributed by atoms with Crippen LogP contribution in [0, 0.1) is 0 Å². The zero-order valence-corrected chi connectivity index (χ0v) is 15.8. The predicted molar refractivity (Wildman–Crippen MR) is 102 cm³/mol. The minimum absolute atomic E-state index is 0.0517. The van der Waals surface area contributed by atoms with E-state index in [9.17, 15) is 9.59 Å². The zero-order valence-electron chi connectivity index (χ0n) is 14.2. The molecule has 8 heteroatoms. The smallest absolute Gasteiger partial charge is 0.281 e. The highest BCUT2D eigenvalue weighted by Gasteiger charge is 2.21. The summed E-state index contributed by atoms with van der Waals surface area (Å²) < 4.78 is 0. The van der Waals surface area contributed by atoms with Crippen LogP contribution in [0.1, 0.15) is 31.7 Å². The van der Waals surface area contributed by atoms with E-state index in [1.54, 1.807) is 4.90 Å². The molecule has 0 unspecified atom stereocenters. The third-order valence-electron chi connectivity index (χ3n) is 3.95. The number of carbonyl (C=O) groups excluding carboxylic acids is 2. The Bertz CT molecular complexity index is 758. The monoisotopic (exact) mass is 376 g/mol. The molecular formula is C17H20N4O2S2. The maximum atomic E-state index is 12.0. The molecule has 132 valence electrons. The van der Waals surface area contributed by atoms with Gasteiger partial charge in [0.1, 0.15) is 5.01 Å². The molecule has 0 spiro atoms. The Balaban J connectivity index is 1.55. The number of anilines is 1. The van der Waals surface area contributed by atoms with Gasteiger partial charge in [0, 0.05) is 30.8 Å². The molecule has 0 bridgehead atoms. The maximum Gasteiger partial charge on any atom is 0.281 e. The van der Waals surface area contributed by atoms with Crippen molar-refractivity contribution >= 4 is 39.4 Å². The number of carbonyl (C=O) groups is 2. The molecule has 1 aliphatic heterocycles. The molecule has 1 aliphatic rings. The summed E-state index contributed by atoms with van der Waals surface area (Å²) in [6.45, 7) is 5.47. The maximum absolute atomic E-state index is 12.0.